The minimum absolute atomic E-state index is 0.0181. The molecule has 0 aromatic carbocycles. The highest BCUT2D eigenvalue weighted by Gasteiger charge is 2.11. The number of hydrogen-bond donors (Lipinski definition) is 1. The molecule has 0 atom stereocenters. The molecule has 0 radical (unpaired) electrons. The van der Waals surface area contributed by atoms with Gasteiger partial charge in [-0.05, 0) is 13.0 Å². The molecule has 0 amide bonds. The summed E-state index contributed by atoms with van der Waals surface area (Å²) in [5.41, 5.74) is 0.317. The molecule has 0 aliphatic rings. The van der Waals surface area contributed by atoms with Crippen LogP contribution >= 0.6 is 0 Å². The van der Waals surface area contributed by atoms with Crippen molar-refractivity contribution in [1.29, 1.82) is 0 Å². The van der Waals surface area contributed by atoms with Gasteiger partial charge < -0.3 is 14.3 Å². The molecule has 0 aliphatic carbocycles. The van der Waals surface area contributed by atoms with Gasteiger partial charge >= 0.3 is 11.9 Å². The SMILES string of the molecule is CCOC(=O)c1coc(CCC(=O)O)c1. The van der Waals surface area contributed by atoms with E-state index in [0.717, 1.165) is 0 Å². The third kappa shape index (κ3) is 3.46. The zero-order chi connectivity index (χ0) is 11.3. The Morgan fingerprint density at radius 2 is 2.27 bits per heavy atom. The Balaban J connectivity index is 2.56. The molecule has 0 fully saturated rings. The van der Waals surface area contributed by atoms with Crippen LogP contribution in [-0.4, -0.2) is 23.7 Å². The van der Waals surface area contributed by atoms with E-state index < -0.39 is 11.9 Å². The Kier molecular flexibility index (Phi) is 3.91. The predicted molar refractivity (Wildman–Crippen MR) is 50.6 cm³/mol. The summed E-state index contributed by atoms with van der Waals surface area (Å²) in [7, 11) is 0. The summed E-state index contributed by atoms with van der Waals surface area (Å²) < 4.78 is 9.77. The first-order valence-corrected chi connectivity index (χ1v) is 4.59. The van der Waals surface area contributed by atoms with Crippen LogP contribution in [0.25, 0.3) is 0 Å². The van der Waals surface area contributed by atoms with Crippen molar-refractivity contribution in [3.8, 4) is 0 Å². The second kappa shape index (κ2) is 5.19. The van der Waals surface area contributed by atoms with E-state index in [2.05, 4.69) is 0 Å². The van der Waals surface area contributed by atoms with Crippen LogP contribution in [-0.2, 0) is 16.0 Å². The van der Waals surface area contributed by atoms with Crippen molar-refractivity contribution in [2.24, 2.45) is 0 Å². The maximum atomic E-state index is 11.2. The fourth-order valence-corrected chi connectivity index (χ4v) is 1.06. The number of carbonyl (C=O) groups is 2. The summed E-state index contributed by atoms with van der Waals surface area (Å²) in [5.74, 6) is -0.882. The fourth-order valence-electron chi connectivity index (χ4n) is 1.06. The average Bonchev–Trinajstić information content (AvgIpc) is 2.63. The average molecular weight is 212 g/mol. The molecule has 1 N–H and O–H groups in total. The van der Waals surface area contributed by atoms with Crippen LogP contribution in [0.4, 0.5) is 0 Å². The molecule has 0 spiro atoms. The molecule has 82 valence electrons. The lowest BCUT2D eigenvalue weighted by molar-refractivity contribution is -0.137. The molecule has 1 rings (SSSR count). The molecule has 0 saturated heterocycles. The van der Waals surface area contributed by atoms with Gasteiger partial charge in [-0.15, -0.1) is 0 Å². The van der Waals surface area contributed by atoms with Crippen LogP contribution in [0, 0.1) is 0 Å². The van der Waals surface area contributed by atoms with Crippen molar-refractivity contribution in [3.63, 3.8) is 0 Å². The smallest absolute Gasteiger partial charge is 0.341 e. The molecule has 5 nitrogen and oxygen atoms in total. The third-order valence-corrected chi connectivity index (χ3v) is 1.75. The van der Waals surface area contributed by atoms with E-state index >= 15 is 0 Å². The highest BCUT2D eigenvalue weighted by molar-refractivity contribution is 5.89. The number of esters is 1. The second-order valence-electron chi connectivity index (χ2n) is 2.92. The van der Waals surface area contributed by atoms with Gasteiger partial charge in [0.15, 0.2) is 0 Å². The van der Waals surface area contributed by atoms with Gasteiger partial charge in [0.2, 0.25) is 0 Å². The van der Waals surface area contributed by atoms with Gasteiger partial charge in [0, 0.05) is 6.42 Å². The van der Waals surface area contributed by atoms with Crippen molar-refractivity contribution in [3.05, 3.63) is 23.7 Å². The standard InChI is InChI=1S/C10H12O5/c1-2-14-10(13)7-5-8(15-6-7)3-4-9(11)12/h5-6H,2-4H2,1H3,(H,11,12). The summed E-state index contributed by atoms with van der Waals surface area (Å²) in [6, 6.07) is 1.50. The minimum atomic E-state index is -0.899. The lowest BCUT2D eigenvalue weighted by atomic mass is 10.2. The fraction of sp³-hybridized carbons (Fsp3) is 0.400. The Labute approximate surface area is 86.6 Å². The maximum Gasteiger partial charge on any atom is 0.341 e. The van der Waals surface area contributed by atoms with E-state index in [1.54, 1.807) is 6.92 Å². The summed E-state index contributed by atoms with van der Waals surface area (Å²) in [6.45, 7) is 2.01. The van der Waals surface area contributed by atoms with Crippen molar-refractivity contribution in [1.82, 2.24) is 0 Å². The number of aliphatic carboxylic acids is 1. The number of ether oxygens (including phenoxy) is 1. The van der Waals surface area contributed by atoms with Gasteiger partial charge in [-0.25, -0.2) is 4.79 Å². The molecule has 1 aromatic rings. The van der Waals surface area contributed by atoms with Crippen LogP contribution in [0.2, 0.25) is 0 Å². The molecule has 0 aliphatic heterocycles. The van der Waals surface area contributed by atoms with Crippen molar-refractivity contribution in [2.75, 3.05) is 6.61 Å². The number of rotatable bonds is 5. The molecular weight excluding hydrogens is 200 g/mol. The van der Waals surface area contributed by atoms with E-state index in [-0.39, 0.29) is 12.8 Å². The van der Waals surface area contributed by atoms with E-state index in [1.165, 1.54) is 12.3 Å². The largest absolute Gasteiger partial charge is 0.481 e. The second-order valence-corrected chi connectivity index (χ2v) is 2.92. The third-order valence-electron chi connectivity index (χ3n) is 1.75. The van der Waals surface area contributed by atoms with Crippen LogP contribution in [0.15, 0.2) is 16.7 Å². The zero-order valence-electron chi connectivity index (χ0n) is 8.36. The Morgan fingerprint density at radius 3 is 2.87 bits per heavy atom. The molecule has 1 heterocycles. The van der Waals surface area contributed by atoms with E-state index in [1.807, 2.05) is 0 Å². The molecule has 5 heteroatoms. The van der Waals surface area contributed by atoms with Crippen LogP contribution in [0.1, 0.15) is 29.5 Å². The minimum Gasteiger partial charge on any atom is -0.481 e. The molecule has 0 saturated carbocycles. The highest BCUT2D eigenvalue weighted by atomic mass is 16.5. The van der Waals surface area contributed by atoms with Gasteiger partial charge in [0.1, 0.15) is 12.0 Å². The summed E-state index contributed by atoms with van der Waals surface area (Å²) >= 11 is 0. The van der Waals surface area contributed by atoms with Crippen LogP contribution in [0.3, 0.4) is 0 Å². The first kappa shape index (κ1) is 11.3. The predicted octanol–water partition coefficient (Wildman–Crippen LogP) is 1.47. The highest BCUT2D eigenvalue weighted by Crippen LogP contribution is 2.11. The Bertz CT molecular complexity index is 352. The molecule has 0 unspecified atom stereocenters. The lowest BCUT2D eigenvalue weighted by Crippen LogP contribution is -2.02. The van der Waals surface area contributed by atoms with Gasteiger partial charge in [-0.3, -0.25) is 4.79 Å². The number of hydrogen-bond acceptors (Lipinski definition) is 4. The normalized spacial score (nSPS) is 9.93. The van der Waals surface area contributed by atoms with Crippen LogP contribution < -0.4 is 0 Å². The Hall–Kier alpha value is -1.78. The number of furan rings is 1. The number of carbonyl (C=O) groups excluding carboxylic acids is 1. The molecule has 1 aromatic heterocycles. The van der Waals surface area contributed by atoms with Crippen molar-refractivity contribution in [2.45, 2.75) is 19.8 Å². The van der Waals surface area contributed by atoms with Crippen molar-refractivity contribution < 1.29 is 23.8 Å². The number of carboxylic acids is 1. The zero-order valence-corrected chi connectivity index (χ0v) is 8.36. The Morgan fingerprint density at radius 1 is 1.53 bits per heavy atom. The quantitative estimate of drug-likeness (QED) is 0.748. The van der Waals surface area contributed by atoms with E-state index in [4.69, 9.17) is 14.3 Å². The number of carboxylic acid groups (broad SMARTS) is 1. The maximum absolute atomic E-state index is 11.2. The van der Waals surface area contributed by atoms with E-state index in [9.17, 15) is 9.59 Å². The summed E-state index contributed by atoms with van der Waals surface area (Å²) in [6.07, 6.45) is 1.53. The summed E-state index contributed by atoms with van der Waals surface area (Å²) in [4.78, 5) is 21.5. The first-order valence-electron chi connectivity index (χ1n) is 4.59. The topological polar surface area (TPSA) is 76.7 Å². The van der Waals surface area contributed by atoms with Gasteiger partial charge in [0.05, 0.1) is 18.6 Å². The van der Waals surface area contributed by atoms with Crippen LogP contribution in [0.5, 0.6) is 0 Å². The molecule has 15 heavy (non-hydrogen) atoms. The monoisotopic (exact) mass is 212 g/mol. The van der Waals surface area contributed by atoms with Gasteiger partial charge in [0.25, 0.3) is 0 Å². The van der Waals surface area contributed by atoms with Gasteiger partial charge in [-0.1, -0.05) is 0 Å². The molecular formula is C10H12O5. The van der Waals surface area contributed by atoms with Gasteiger partial charge in [-0.2, -0.15) is 0 Å². The molecule has 0 bridgehead atoms. The summed E-state index contributed by atoms with van der Waals surface area (Å²) in [5, 5.41) is 8.44. The lowest BCUT2D eigenvalue weighted by Gasteiger charge is -1.95. The van der Waals surface area contributed by atoms with E-state index in [0.29, 0.717) is 17.9 Å². The number of aryl methyl sites for hydroxylation is 1. The first-order chi connectivity index (χ1) is 7.13. The van der Waals surface area contributed by atoms with Crippen molar-refractivity contribution >= 4 is 11.9 Å².